The van der Waals surface area contributed by atoms with Gasteiger partial charge in [-0.3, -0.25) is 9.71 Å². The van der Waals surface area contributed by atoms with Crippen molar-refractivity contribution < 1.29 is 21.6 Å². The van der Waals surface area contributed by atoms with Crippen LogP contribution in [-0.2, 0) is 16.4 Å². The molecule has 2 heterocycles. The van der Waals surface area contributed by atoms with Crippen LogP contribution >= 0.6 is 27.3 Å². The summed E-state index contributed by atoms with van der Waals surface area (Å²) in [5.41, 5.74) is -2.43. The molecule has 5 nitrogen and oxygen atoms in total. The van der Waals surface area contributed by atoms with Crippen molar-refractivity contribution in [3.05, 3.63) is 52.1 Å². The fourth-order valence-electron chi connectivity index (χ4n) is 2.64. The summed E-state index contributed by atoms with van der Waals surface area (Å²) in [6.07, 6.45) is 2.60. The van der Waals surface area contributed by atoms with Crippen LogP contribution in [0.25, 0.3) is 21.8 Å². The molecule has 0 saturated carbocycles. The summed E-state index contributed by atoms with van der Waals surface area (Å²) in [4.78, 5) is 8.98. The van der Waals surface area contributed by atoms with Crippen LogP contribution in [-0.4, -0.2) is 23.9 Å². The lowest BCUT2D eigenvalue weighted by Crippen LogP contribution is -2.30. The molecule has 0 atom stereocenters. The van der Waals surface area contributed by atoms with E-state index in [2.05, 4.69) is 39.7 Å². The Morgan fingerprint density at radius 1 is 1.17 bits per heavy atom. The molecule has 30 heavy (non-hydrogen) atoms. The highest BCUT2D eigenvalue weighted by Gasteiger charge is 2.46. The third kappa shape index (κ3) is 5.19. The van der Waals surface area contributed by atoms with Gasteiger partial charge >= 0.3 is 15.5 Å². The predicted molar refractivity (Wildman–Crippen MR) is 116 cm³/mol. The summed E-state index contributed by atoms with van der Waals surface area (Å²) >= 11 is 4.56. The van der Waals surface area contributed by atoms with E-state index in [1.165, 1.54) is 34.3 Å². The van der Waals surface area contributed by atoms with Crippen molar-refractivity contribution in [2.75, 3.05) is 4.72 Å². The lowest BCUT2D eigenvalue weighted by molar-refractivity contribution is -0.0429. The molecule has 1 N–H and O–H groups in total. The van der Waals surface area contributed by atoms with E-state index in [1.54, 1.807) is 6.20 Å². The predicted octanol–water partition coefficient (Wildman–Crippen LogP) is 6.09. The largest absolute Gasteiger partial charge is 0.516 e. The van der Waals surface area contributed by atoms with Crippen molar-refractivity contribution in [1.29, 1.82) is 0 Å². The Bertz CT molecular complexity index is 1160. The number of benzene rings is 1. The quantitative estimate of drug-likeness (QED) is 0.427. The first-order valence-corrected chi connectivity index (χ1v) is 11.9. The van der Waals surface area contributed by atoms with Gasteiger partial charge in [0.2, 0.25) is 0 Å². The van der Waals surface area contributed by atoms with Gasteiger partial charge in [0, 0.05) is 32.9 Å². The van der Waals surface area contributed by atoms with E-state index in [0.29, 0.717) is 17.2 Å². The number of halogens is 4. The van der Waals surface area contributed by atoms with Crippen molar-refractivity contribution in [2.24, 2.45) is 5.92 Å². The first-order chi connectivity index (χ1) is 14.0. The molecule has 160 valence electrons. The number of nitrogens with one attached hydrogen (secondary N) is 1. The van der Waals surface area contributed by atoms with Crippen molar-refractivity contribution in [3.63, 3.8) is 0 Å². The van der Waals surface area contributed by atoms with Crippen LogP contribution in [0, 0.1) is 5.92 Å². The molecular weight excluding hydrogens is 503 g/mol. The molecule has 0 radical (unpaired) electrons. The topological polar surface area (TPSA) is 72.0 Å². The second kappa shape index (κ2) is 8.64. The Morgan fingerprint density at radius 3 is 2.53 bits per heavy atom. The zero-order valence-corrected chi connectivity index (χ0v) is 19.1. The highest BCUT2D eigenvalue weighted by molar-refractivity contribution is 9.10. The molecule has 0 amide bonds. The fourth-order valence-corrected chi connectivity index (χ4v) is 4.66. The summed E-state index contributed by atoms with van der Waals surface area (Å²) in [5, 5.41) is 2.62. The van der Waals surface area contributed by atoms with E-state index in [4.69, 9.17) is 0 Å². The number of sulfonamides is 1. The molecule has 0 unspecified atom stereocenters. The molecule has 2 aromatic heterocycles. The van der Waals surface area contributed by atoms with E-state index in [-0.39, 0.29) is 10.2 Å². The second-order valence-electron chi connectivity index (χ2n) is 6.92. The molecule has 0 aliphatic rings. The summed E-state index contributed by atoms with van der Waals surface area (Å²) in [6, 6.07) is 8.15. The molecule has 0 aliphatic carbocycles. The van der Waals surface area contributed by atoms with Crippen molar-refractivity contribution in [2.45, 2.75) is 25.8 Å². The molecule has 11 heteroatoms. The Kier molecular flexibility index (Phi) is 6.54. The van der Waals surface area contributed by atoms with Gasteiger partial charge < -0.3 is 0 Å². The minimum atomic E-state index is -5.50. The van der Waals surface area contributed by atoms with Gasteiger partial charge in [-0.1, -0.05) is 19.9 Å². The van der Waals surface area contributed by atoms with Gasteiger partial charge in [0.05, 0.1) is 11.4 Å². The average Bonchev–Trinajstić information content (AvgIpc) is 3.12. The Labute approximate surface area is 184 Å². The Morgan fingerprint density at radius 2 is 1.90 bits per heavy atom. The van der Waals surface area contributed by atoms with Gasteiger partial charge in [0.15, 0.2) is 0 Å². The number of hydrogen-bond donors (Lipinski definition) is 1. The van der Waals surface area contributed by atoms with Crippen molar-refractivity contribution >= 4 is 43.0 Å². The maximum atomic E-state index is 12.6. The zero-order valence-electron chi connectivity index (χ0n) is 15.9. The third-order valence-corrected chi connectivity index (χ3v) is 6.64. The first kappa shape index (κ1) is 22.7. The first-order valence-electron chi connectivity index (χ1n) is 8.76. The van der Waals surface area contributed by atoms with E-state index in [0.717, 1.165) is 22.7 Å². The molecule has 1 aromatic carbocycles. The van der Waals surface area contributed by atoms with Crippen LogP contribution in [0.2, 0.25) is 0 Å². The van der Waals surface area contributed by atoms with Crippen LogP contribution in [0.4, 0.5) is 18.9 Å². The van der Waals surface area contributed by atoms with E-state index >= 15 is 0 Å². The van der Waals surface area contributed by atoms with Gasteiger partial charge in [0.25, 0.3) is 0 Å². The van der Waals surface area contributed by atoms with Crippen LogP contribution in [0.5, 0.6) is 0 Å². The summed E-state index contributed by atoms with van der Waals surface area (Å²) in [6.45, 7) is 4.23. The number of alkyl halides is 3. The monoisotopic (exact) mass is 519 g/mol. The van der Waals surface area contributed by atoms with Crippen LogP contribution < -0.4 is 4.72 Å². The van der Waals surface area contributed by atoms with Gasteiger partial charge in [-0.05, 0) is 52.5 Å². The summed E-state index contributed by atoms with van der Waals surface area (Å²) < 4.78 is 62.1. The molecule has 0 fully saturated rings. The number of hydrogen-bond acceptors (Lipinski definition) is 5. The van der Waals surface area contributed by atoms with E-state index in [1.807, 2.05) is 17.5 Å². The Hall–Kier alpha value is -1.98. The maximum absolute atomic E-state index is 12.6. The molecule has 0 spiro atoms. The van der Waals surface area contributed by atoms with Gasteiger partial charge in [-0.25, -0.2) is 4.98 Å². The second-order valence-corrected chi connectivity index (χ2v) is 10.3. The van der Waals surface area contributed by atoms with E-state index < -0.39 is 15.5 Å². The number of nitrogens with zero attached hydrogens (tertiary/aromatic N) is 2. The third-order valence-electron chi connectivity index (χ3n) is 4.00. The van der Waals surface area contributed by atoms with Crippen LogP contribution in [0.1, 0.15) is 19.5 Å². The lowest BCUT2D eigenvalue weighted by Gasteiger charge is -2.12. The fraction of sp³-hybridized carbons (Fsp3) is 0.263. The molecule has 0 bridgehead atoms. The molecule has 3 aromatic rings. The number of rotatable bonds is 6. The summed E-state index contributed by atoms with van der Waals surface area (Å²) in [5.74, 6) is 0.477. The van der Waals surface area contributed by atoms with Crippen molar-refractivity contribution in [3.8, 4) is 21.8 Å². The van der Waals surface area contributed by atoms with Crippen LogP contribution in [0.15, 0.2) is 46.4 Å². The molecule has 3 rings (SSSR count). The molecule has 0 saturated heterocycles. The van der Waals surface area contributed by atoms with E-state index in [9.17, 15) is 21.6 Å². The molecule has 0 aliphatic heterocycles. The number of anilines is 1. The number of thiazole rings is 1. The van der Waals surface area contributed by atoms with Crippen LogP contribution in [0.3, 0.4) is 0 Å². The average molecular weight is 520 g/mol. The SMILES string of the molecule is CC(C)Cc1cc(-c2nc(-c3ccc(NS(=O)(=O)C(F)(F)F)c(Br)c3)cs2)ccn1. The summed E-state index contributed by atoms with van der Waals surface area (Å²) in [7, 11) is -5.50. The van der Waals surface area contributed by atoms with Crippen molar-refractivity contribution in [1.82, 2.24) is 9.97 Å². The van der Waals surface area contributed by atoms with Gasteiger partial charge in [0.1, 0.15) is 5.01 Å². The standard InChI is InChI=1S/C19H17BrF3N3O2S2/c1-11(2)7-14-8-13(5-6-24-14)18-25-17(10-29-18)12-3-4-16(15(20)9-12)26-30(27,28)19(21,22)23/h3-6,8-11,26H,7H2,1-2H3. The minimum Gasteiger partial charge on any atom is -0.275 e. The maximum Gasteiger partial charge on any atom is 0.516 e. The number of aromatic nitrogens is 2. The minimum absolute atomic E-state index is 0.172. The van der Waals surface area contributed by atoms with Gasteiger partial charge in [-0.2, -0.15) is 21.6 Å². The number of pyridine rings is 1. The highest BCUT2D eigenvalue weighted by Crippen LogP contribution is 2.34. The van der Waals surface area contributed by atoms with Gasteiger partial charge in [-0.15, -0.1) is 11.3 Å². The highest BCUT2D eigenvalue weighted by atomic mass is 79.9. The smallest absolute Gasteiger partial charge is 0.275 e. The Balaban J connectivity index is 1.85. The normalized spacial score (nSPS) is 12.4. The zero-order chi connectivity index (χ0) is 22.1. The molecular formula is C19H17BrF3N3O2S2. The lowest BCUT2D eigenvalue weighted by atomic mass is 10.1.